The summed E-state index contributed by atoms with van der Waals surface area (Å²) in [5.41, 5.74) is 0. The van der Waals surface area contributed by atoms with Crippen molar-refractivity contribution in [1.29, 1.82) is 0 Å². The van der Waals surface area contributed by atoms with Gasteiger partial charge in [-0.05, 0) is 19.3 Å². The van der Waals surface area contributed by atoms with Crippen LogP contribution in [0.3, 0.4) is 0 Å². The smallest absolute Gasteiger partial charge is 0.304 e. The third-order valence-corrected chi connectivity index (χ3v) is 4.98. The Labute approximate surface area is 135 Å². The normalized spacial score (nSPS) is 34.0. The van der Waals surface area contributed by atoms with Crippen LogP contribution in [0.15, 0.2) is 12.2 Å². The first-order valence-electron chi connectivity index (χ1n) is 7.48. The van der Waals surface area contributed by atoms with E-state index >= 15 is 0 Å². The summed E-state index contributed by atoms with van der Waals surface area (Å²) in [5, 5.41) is 38.4. The van der Waals surface area contributed by atoms with Crippen molar-refractivity contribution in [2.75, 3.05) is 11.5 Å². The molecule has 128 valence electrons. The van der Waals surface area contributed by atoms with Crippen molar-refractivity contribution in [3.05, 3.63) is 12.2 Å². The number of hydrogen-bond acceptors (Lipinski definition) is 6. The monoisotopic (exact) mass is 334 g/mol. The zero-order chi connectivity index (χ0) is 16.7. The molecule has 0 spiro atoms. The predicted molar refractivity (Wildman–Crippen MR) is 84.6 cm³/mol. The van der Waals surface area contributed by atoms with Crippen molar-refractivity contribution in [3.63, 3.8) is 0 Å². The minimum atomic E-state index is -1.41. The molecule has 6 nitrogen and oxygen atoms in total. The molecule has 6 unspecified atom stereocenters. The van der Waals surface area contributed by atoms with E-state index in [1.165, 1.54) is 11.8 Å². The van der Waals surface area contributed by atoms with Gasteiger partial charge in [0, 0.05) is 17.4 Å². The molecular weight excluding hydrogens is 308 g/mol. The summed E-state index contributed by atoms with van der Waals surface area (Å²) < 4.78 is 5.44. The fourth-order valence-electron chi connectivity index (χ4n) is 2.69. The fraction of sp³-hybridized carbons (Fsp3) is 0.800. The lowest BCUT2D eigenvalue weighted by Gasteiger charge is -2.43. The Bertz CT molecular complexity index is 375. The van der Waals surface area contributed by atoms with Gasteiger partial charge in [-0.15, -0.1) is 0 Å². The largest absolute Gasteiger partial charge is 0.481 e. The fourth-order valence-corrected chi connectivity index (χ4v) is 3.71. The first-order chi connectivity index (χ1) is 10.4. The van der Waals surface area contributed by atoms with E-state index in [9.17, 15) is 20.1 Å². The number of carboxylic acid groups (broad SMARTS) is 1. The SMILES string of the molecule is C/C=C\CC(C)C1C(CSCCC(=O)O)OC(O)C(O)C1O. The van der Waals surface area contributed by atoms with Gasteiger partial charge in [0.15, 0.2) is 6.29 Å². The molecule has 1 aliphatic rings. The molecular formula is C15H26O6S. The van der Waals surface area contributed by atoms with Crippen LogP contribution in [-0.2, 0) is 9.53 Å². The Hall–Kier alpha value is -0.600. The molecule has 1 heterocycles. The van der Waals surface area contributed by atoms with Gasteiger partial charge in [0.05, 0.1) is 18.6 Å². The number of aliphatic carboxylic acids is 1. The molecule has 0 aromatic heterocycles. The van der Waals surface area contributed by atoms with Gasteiger partial charge in [-0.3, -0.25) is 4.79 Å². The Morgan fingerprint density at radius 2 is 2.00 bits per heavy atom. The van der Waals surface area contributed by atoms with Crippen LogP contribution >= 0.6 is 11.8 Å². The average molecular weight is 334 g/mol. The zero-order valence-electron chi connectivity index (χ0n) is 13.0. The highest BCUT2D eigenvalue weighted by Crippen LogP contribution is 2.34. The molecule has 1 fully saturated rings. The van der Waals surface area contributed by atoms with Crippen LogP contribution in [0.4, 0.5) is 0 Å². The van der Waals surface area contributed by atoms with E-state index in [0.717, 1.165) is 6.42 Å². The maximum Gasteiger partial charge on any atom is 0.304 e. The van der Waals surface area contributed by atoms with Gasteiger partial charge in [0.2, 0.25) is 0 Å². The highest BCUT2D eigenvalue weighted by Gasteiger charge is 2.45. The number of aliphatic hydroxyl groups excluding tert-OH is 3. The second-order valence-electron chi connectivity index (χ2n) is 5.62. The molecule has 1 aliphatic heterocycles. The van der Waals surface area contributed by atoms with E-state index in [1.54, 1.807) is 0 Å². The molecule has 0 saturated carbocycles. The van der Waals surface area contributed by atoms with E-state index in [0.29, 0.717) is 11.5 Å². The van der Waals surface area contributed by atoms with Gasteiger partial charge in [0.25, 0.3) is 0 Å². The van der Waals surface area contributed by atoms with E-state index in [4.69, 9.17) is 9.84 Å². The molecule has 0 aliphatic carbocycles. The Morgan fingerprint density at radius 3 is 2.59 bits per heavy atom. The molecule has 0 aromatic rings. The number of carboxylic acids is 1. The molecule has 0 radical (unpaired) electrons. The van der Waals surface area contributed by atoms with Crippen LogP contribution < -0.4 is 0 Å². The number of thioether (sulfide) groups is 1. The molecule has 0 aromatic carbocycles. The van der Waals surface area contributed by atoms with Crippen LogP contribution in [0, 0.1) is 11.8 Å². The highest BCUT2D eigenvalue weighted by atomic mass is 32.2. The van der Waals surface area contributed by atoms with Gasteiger partial charge in [-0.2, -0.15) is 11.8 Å². The van der Waals surface area contributed by atoms with Crippen LogP contribution in [0.25, 0.3) is 0 Å². The van der Waals surface area contributed by atoms with Crippen LogP contribution in [0.2, 0.25) is 0 Å². The number of carbonyl (C=O) groups is 1. The first kappa shape index (κ1) is 19.4. The van der Waals surface area contributed by atoms with Crippen molar-refractivity contribution < 1.29 is 30.0 Å². The van der Waals surface area contributed by atoms with Gasteiger partial charge in [-0.25, -0.2) is 0 Å². The summed E-state index contributed by atoms with van der Waals surface area (Å²) >= 11 is 1.41. The number of rotatable bonds is 8. The summed E-state index contributed by atoms with van der Waals surface area (Å²) in [6.45, 7) is 3.88. The van der Waals surface area contributed by atoms with E-state index in [-0.39, 0.29) is 18.3 Å². The number of allylic oxidation sites excluding steroid dienone is 2. The third kappa shape index (κ3) is 5.55. The van der Waals surface area contributed by atoms with E-state index in [2.05, 4.69) is 0 Å². The number of hydrogen-bond donors (Lipinski definition) is 4. The number of ether oxygens (including phenoxy) is 1. The topological polar surface area (TPSA) is 107 Å². The van der Waals surface area contributed by atoms with Gasteiger partial charge >= 0.3 is 5.97 Å². The standard InChI is InChI=1S/C15H26O6S/c1-3-4-5-9(2)12-10(8-22-7-6-11(16)17)21-15(20)14(19)13(12)18/h3-4,9-10,12-15,18-20H,5-8H2,1-2H3,(H,16,17)/b4-3-. The third-order valence-electron chi connectivity index (χ3n) is 3.92. The summed E-state index contributed by atoms with van der Waals surface area (Å²) in [4.78, 5) is 10.5. The first-order valence-corrected chi connectivity index (χ1v) is 8.64. The average Bonchev–Trinajstić information content (AvgIpc) is 2.46. The molecule has 4 N–H and O–H groups in total. The molecule has 0 amide bonds. The van der Waals surface area contributed by atoms with Crippen LogP contribution in [0.5, 0.6) is 0 Å². The highest BCUT2D eigenvalue weighted by molar-refractivity contribution is 7.99. The molecule has 6 atom stereocenters. The van der Waals surface area contributed by atoms with Crippen molar-refractivity contribution in [2.45, 2.75) is 51.3 Å². The van der Waals surface area contributed by atoms with Crippen LogP contribution in [-0.4, -0.2) is 62.5 Å². The van der Waals surface area contributed by atoms with Crippen molar-refractivity contribution >= 4 is 17.7 Å². The van der Waals surface area contributed by atoms with Crippen molar-refractivity contribution in [1.82, 2.24) is 0 Å². The Balaban J connectivity index is 2.68. The van der Waals surface area contributed by atoms with E-state index in [1.807, 2.05) is 26.0 Å². The summed E-state index contributed by atoms with van der Waals surface area (Å²) in [7, 11) is 0. The van der Waals surface area contributed by atoms with Gasteiger partial charge in [-0.1, -0.05) is 19.1 Å². The lowest BCUT2D eigenvalue weighted by Crippen LogP contribution is -2.56. The number of aliphatic hydroxyl groups is 3. The lowest BCUT2D eigenvalue weighted by atomic mass is 9.79. The predicted octanol–water partition coefficient (Wildman–Crippen LogP) is 0.852. The lowest BCUT2D eigenvalue weighted by molar-refractivity contribution is -0.269. The van der Waals surface area contributed by atoms with Gasteiger partial charge < -0.3 is 25.2 Å². The quantitative estimate of drug-likeness (QED) is 0.385. The maximum atomic E-state index is 10.5. The molecule has 1 saturated heterocycles. The molecule has 7 heteroatoms. The van der Waals surface area contributed by atoms with Crippen molar-refractivity contribution in [2.24, 2.45) is 11.8 Å². The summed E-state index contributed by atoms with van der Waals surface area (Å²) in [5.74, 6) is -0.185. The minimum absolute atomic E-state index is 0.0594. The Kier molecular flexibility index (Phi) is 8.41. The van der Waals surface area contributed by atoms with Crippen molar-refractivity contribution in [3.8, 4) is 0 Å². The minimum Gasteiger partial charge on any atom is -0.481 e. The molecule has 0 bridgehead atoms. The maximum absolute atomic E-state index is 10.5. The second kappa shape index (κ2) is 9.52. The molecule has 1 rings (SSSR count). The summed E-state index contributed by atoms with van der Waals surface area (Å²) in [6.07, 6.45) is 0.493. The van der Waals surface area contributed by atoms with Crippen LogP contribution in [0.1, 0.15) is 26.7 Å². The second-order valence-corrected chi connectivity index (χ2v) is 6.77. The zero-order valence-corrected chi connectivity index (χ0v) is 13.8. The van der Waals surface area contributed by atoms with E-state index < -0.39 is 30.6 Å². The Morgan fingerprint density at radius 1 is 1.32 bits per heavy atom. The molecule has 22 heavy (non-hydrogen) atoms. The van der Waals surface area contributed by atoms with Gasteiger partial charge in [0.1, 0.15) is 6.10 Å². The summed E-state index contributed by atoms with van der Waals surface area (Å²) in [6, 6.07) is 0.